The van der Waals surface area contributed by atoms with Crippen molar-refractivity contribution in [3.8, 4) is 11.8 Å². The Kier molecular flexibility index (Phi) is 5.17. The number of halogens is 1. The maximum Gasteiger partial charge on any atom is 0.265 e. The first-order chi connectivity index (χ1) is 10.1. The summed E-state index contributed by atoms with van der Waals surface area (Å²) in [5, 5.41) is 11.6. The minimum atomic E-state index is -0.633. The Bertz CT molecular complexity index is 695. The molecule has 106 valence electrons. The summed E-state index contributed by atoms with van der Waals surface area (Å²) in [5.41, 5.74) is 1.08. The third-order valence-electron chi connectivity index (χ3n) is 2.77. The van der Waals surface area contributed by atoms with Gasteiger partial charge < -0.3 is 10.1 Å². The molecule has 0 radical (unpaired) electrons. The molecular formula is C16H13IN2O2. The van der Waals surface area contributed by atoms with E-state index in [9.17, 15) is 4.79 Å². The summed E-state index contributed by atoms with van der Waals surface area (Å²) in [7, 11) is 0. The normalized spacial score (nSPS) is 11.3. The SMILES string of the molecule is CC(Oc1ccccc1I)C(=O)Nc1cccc(C#N)c1. The molecule has 0 saturated carbocycles. The van der Waals surface area contributed by atoms with Crippen molar-refractivity contribution in [3.63, 3.8) is 0 Å². The van der Waals surface area contributed by atoms with Crippen LogP contribution in [0.4, 0.5) is 5.69 Å². The van der Waals surface area contributed by atoms with Gasteiger partial charge >= 0.3 is 0 Å². The predicted octanol–water partition coefficient (Wildman–Crippen LogP) is 3.57. The second-order valence-electron chi connectivity index (χ2n) is 4.37. The van der Waals surface area contributed by atoms with E-state index in [0.29, 0.717) is 17.0 Å². The van der Waals surface area contributed by atoms with Gasteiger partial charge in [-0.15, -0.1) is 0 Å². The number of anilines is 1. The van der Waals surface area contributed by atoms with E-state index in [4.69, 9.17) is 10.00 Å². The third kappa shape index (κ3) is 4.20. The van der Waals surface area contributed by atoms with Gasteiger partial charge in [0.15, 0.2) is 6.10 Å². The van der Waals surface area contributed by atoms with Gasteiger partial charge in [-0.1, -0.05) is 18.2 Å². The number of ether oxygens (including phenoxy) is 1. The number of rotatable bonds is 4. The number of nitrogens with zero attached hydrogens (tertiary/aromatic N) is 1. The van der Waals surface area contributed by atoms with Crippen LogP contribution in [0.5, 0.6) is 5.75 Å². The Morgan fingerprint density at radius 2 is 2.05 bits per heavy atom. The van der Waals surface area contributed by atoms with Crippen molar-refractivity contribution in [2.75, 3.05) is 5.32 Å². The Morgan fingerprint density at radius 3 is 2.76 bits per heavy atom. The standard InChI is InChI=1S/C16H13IN2O2/c1-11(21-15-8-3-2-7-14(15)17)16(20)19-13-6-4-5-12(9-13)10-18/h2-9,11H,1H3,(H,19,20). The van der Waals surface area contributed by atoms with Gasteiger partial charge in [0.25, 0.3) is 5.91 Å². The fourth-order valence-corrected chi connectivity index (χ4v) is 2.21. The highest BCUT2D eigenvalue weighted by Crippen LogP contribution is 2.21. The molecule has 0 fully saturated rings. The molecule has 0 bridgehead atoms. The molecule has 21 heavy (non-hydrogen) atoms. The Balaban J connectivity index is 2.03. The Hall–Kier alpha value is -2.07. The van der Waals surface area contributed by atoms with Gasteiger partial charge in [-0.05, 0) is 59.8 Å². The number of amides is 1. The zero-order chi connectivity index (χ0) is 15.2. The van der Waals surface area contributed by atoms with E-state index >= 15 is 0 Å². The predicted molar refractivity (Wildman–Crippen MR) is 89.0 cm³/mol. The molecule has 5 heteroatoms. The van der Waals surface area contributed by atoms with Crippen LogP contribution in [-0.4, -0.2) is 12.0 Å². The molecule has 2 aromatic rings. The number of carbonyl (C=O) groups excluding carboxylic acids is 1. The van der Waals surface area contributed by atoms with Gasteiger partial charge in [0.05, 0.1) is 15.2 Å². The lowest BCUT2D eigenvalue weighted by Crippen LogP contribution is -2.30. The zero-order valence-corrected chi connectivity index (χ0v) is 13.5. The molecule has 0 saturated heterocycles. The summed E-state index contributed by atoms with van der Waals surface area (Å²) in [6.45, 7) is 1.69. The van der Waals surface area contributed by atoms with Crippen LogP contribution >= 0.6 is 22.6 Å². The lowest BCUT2D eigenvalue weighted by molar-refractivity contribution is -0.122. The smallest absolute Gasteiger partial charge is 0.265 e. The summed E-state index contributed by atoms with van der Waals surface area (Å²) < 4.78 is 6.60. The highest BCUT2D eigenvalue weighted by atomic mass is 127. The zero-order valence-electron chi connectivity index (χ0n) is 11.3. The number of carbonyl (C=O) groups is 1. The number of benzene rings is 2. The van der Waals surface area contributed by atoms with E-state index in [0.717, 1.165) is 3.57 Å². The molecule has 4 nitrogen and oxygen atoms in total. The Labute approximate surface area is 136 Å². The molecule has 0 spiro atoms. The number of para-hydroxylation sites is 1. The van der Waals surface area contributed by atoms with E-state index in [1.807, 2.05) is 30.3 Å². The molecule has 0 aliphatic heterocycles. The number of nitrogens with one attached hydrogen (secondary N) is 1. The summed E-state index contributed by atoms with van der Waals surface area (Å²) in [6.07, 6.45) is -0.633. The second-order valence-corrected chi connectivity index (χ2v) is 5.53. The van der Waals surface area contributed by atoms with Gasteiger partial charge in [-0.3, -0.25) is 4.79 Å². The van der Waals surface area contributed by atoms with Crippen LogP contribution in [0.15, 0.2) is 48.5 Å². The molecule has 0 heterocycles. The van der Waals surface area contributed by atoms with Gasteiger partial charge in [0.1, 0.15) is 5.75 Å². The van der Waals surface area contributed by atoms with Crippen LogP contribution in [0.1, 0.15) is 12.5 Å². The van der Waals surface area contributed by atoms with Gasteiger partial charge in [0, 0.05) is 5.69 Å². The average molecular weight is 392 g/mol. The van der Waals surface area contributed by atoms with Crippen LogP contribution in [-0.2, 0) is 4.79 Å². The van der Waals surface area contributed by atoms with Crippen molar-refractivity contribution in [3.05, 3.63) is 57.7 Å². The molecule has 1 atom stereocenters. The van der Waals surface area contributed by atoms with Gasteiger partial charge in [0.2, 0.25) is 0 Å². The van der Waals surface area contributed by atoms with Crippen molar-refractivity contribution >= 4 is 34.2 Å². The van der Waals surface area contributed by atoms with Gasteiger partial charge in [-0.2, -0.15) is 5.26 Å². The van der Waals surface area contributed by atoms with Crippen molar-refractivity contribution in [2.45, 2.75) is 13.0 Å². The Morgan fingerprint density at radius 1 is 1.29 bits per heavy atom. The molecule has 1 amide bonds. The topological polar surface area (TPSA) is 62.1 Å². The highest BCUT2D eigenvalue weighted by Gasteiger charge is 2.16. The fourth-order valence-electron chi connectivity index (χ4n) is 1.69. The largest absolute Gasteiger partial charge is 0.480 e. The summed E-state index contributed by atoms with van der Waals surface area (Å²) >= 11 is 2.16. The monoisotopic (exact) mass is 392 g/mol. The van der Waals surface area contributed by atoms with Crippen LogP contribution in [0.3, 0.4) is 0 Å². The molecule has 0 aliphatic rings. The molecule has 1 N–H and O–H groups in total. The molecular weight excluding hydrogens is 379 g/mol. The van der Waals surface area contributed by atoms with Crippen LogP contribution in [0.2, 0.25) is 0 Å². The van der Waals surface area contributed by atoms with Crippen molar-refractivity contribution in [1.29, 1.82) is 5.26 Å². The average Bonchev–Trinajstić information content (AvgIpc) is 2.49. The van der Waals surface area contributed by atoms with Crippen molar-refractivity contribution < 1.29 is 9.53 Å². The van der Waals surface area contributed by atoms with Crippen molar-refractivity contribution in [2.24, 2.45) is 0 Å². The maximum absolute atomic E-state index is 12.1. The highest BCUT2D eigenvalue weighted by molar-refractivity contribution is 14.1. The molecule has 0 aromatic heterocycles. The van der Waals surface area contributed by atoms with E-state index < -0.39 is 6.10 Å². The first-order valence-electron chi connectivity index (χ1n) is 6.32. The second kappa shape index (κ2) is 7.09. The number of hydrogen-bond donors (Lipinski definition) is 1. The summed E-state index contributed by atoms with van der Waals surface area (Å²) in [6, 6.07) is 16.3. The molecule has 2 rings (SSSR count). The first-order valence-corrected chi connectivity index (χ1v) is 7.40. The number of nitriles is 1. The fraction of sp³-hybridized carbons (Fsp3) is 0.125. The molecule has 0 aliphatic carbocycles. The van der Waals surface area contributed by atoms with Gasteiger partial charge in [-0.25, -0.2) is 0 Å². The van der Waals surface area contributed by atoms with E-state index in [-0.39, 0.29) is 5.91 Å². The van der Waals surface area contributed by atoms with Crippen LogP contribution in [0, 0.1) is 14.9 Å². The quantitative estimate of drug-likeness (QED) is 0.810. The van der Waals surface area contributed by atoms with Crippen molar-refractivity contribution in [1.82, 2.24) is 0 Å². The minimum absolute atomic E-state index is 0.259. The lowest BCUT2D eigenvalue weighted by atomic mass is 10.2. The molecule has 1 unspecified atom stereocenters. The summed E-state index contributed by atoms with van der Waals surface area (Å²) in [4.78, 5) is 12.1. The summed E-state index contributed by atoms with van der Waals surface area (Å²) in [5.74, 6) is 0.413. The van der Waals surface area contributed by atoms with E-state index in [2.05, 4.69) is 27.9 Å². The van der Waals surface area contributed by atoms with Crippen LogP contribution in [0.25, 0.3) is 0 Å². The number of hydrogen-bond acceptors (Lipinski definition) is 3. The van der Waals surface area contributed by atoms with Crippen LogP contribution < -0.4 is 10.1 Å². The third-order valence-corrected chi connectivity index (χ3v) is 3.66. The lowest BCUT2D eigenvalue weighted by Gasteiger charge is -2.15. The van der Waals surface area contributed by atoms with E-state index in [1.54, 1.807) is 31.2 Å². The first kappa shape index (κ1) is 15.3. The molecule has 2 aromatic carbocycles. The minimum Gasteiger partial charge on any atom is -0.480 e. The van der Waals surface area contributed by atoms with E-state index in [1.165, 1.54) is 0 Å². The maximum atomic E-state index is 12.1.